The summed E-state index contributed by atoms with van der Waals surface area (Å²) in [6.45, 7) is 0.352. The second kappa shape index (κ2) is 11.3. The third-order valence-electron chi connectivity index (χ3n) is 6.16. The molecule has 196 valence electrons. The number of rotatable bonds is 8. The summed E-state index contributed by atoms with van der Waals surface area (Å²) in [7, 11) is 1.54. The van der Waals surface area contributed by atoms with E-state index in [0.29, 0.717) is 33.7 Å². The van der Waals surface area contributed by atoms with Gasteiger partial charge in [-0.05, 0) is 73.4 Å². The summed E-state index contributed by atoms with van der Waals surface area (Å²) in [5, 5.41) is 12.7. The van der Waals surface area contributed by atoms with Crippen LogP contribution in [0.4, 0.5) is 10.5 Å². The number of hydrogen-bond acceptors (Lipinski definition) is 7. The number of carbonyl (C=O) groups excluding carboxylic acids is 2. The zero-order chi connectivity index (χ0) is 27.5. The minimum atomic E-state index is -0.501. The van der Waals surface area contributed by atoms with Crippen molar-refractivity contribution in [3.63, 3.8) is 0 Å². The van der Waals surface area contributed by atoms with Crippen molar-refractivity contribution in [1.29, 1.82) is 0 Å². The van der Waals surface area contributed by atoms with Crippen molar-refractivity contribution in [1.82, 2.24) is 4.90 Å². The predicted octanol–water partition coefficient (Wildman–Crippen LogP) is 7.33. The van der Waals surface area contributed by atoms with Crippen LogP contribution < -0.4 is 9.47 Å². The highest BCUT2D eigenvalue weighted by Gasteiger charge is 2.35. The van der Waals surface area contributed by atoms with Crippen molar-refractivity contribution in [3.8, 4) is 11.5 Å². The molecule has 0 N–H and O–H groups in total. The number of nitro groups is 1. The number of fused-ring (bicyclic) bond motifs is 1. The molecule has 10 heteroatoms. The second-order valence-electron chi connectivity index (χ2n) is 8.65. The zero-order valence-electron chi connectivity index (χ0n) is 20.6. The van der Waals surface area contributed by atoms with E-state index in [-0.39, 0.29) is 17.1 Å². The highest BCUT2D eigenvalue weighted by molar-refractivity contribution is 9.10. The number of imide groups is 1. The Kier molecular flexibility index (Phi) is 7.67. The maximum absolute atomic E-state index is 13.0. The lowest BCUT2D eigenvalue weighted by Crippen LogP contribution is -2.27. The van der Waals surface area contributed by atoms with Gasteiger partial charge < -0.3 is 9.47 Å². The summed E-state index contributed by atoms with van der Waals surface area (Å²) in [6, 6.07) is 23.5. The van der Waals surface area contributed by atoms with Crippen LogP contribution in [-0.2, 0) is 17.9 Å². The van der Waals surface area contributed by atoms with Gasteiger partial charge in [-0.1, -0.05) is 54.6 Å². The van der Waals surface area contributed by atoms with E-state index in [1.807, 2.05) is 24.3 Å². The fourth-order valence-electron chi connectivity index (χ4n) is 4.22. The van der Waals surface area contributed by atoms with Crippen molar-refractivity contribution >= 4 is 61.4 Å². The van der Waals surface area contributed by atoms with Gasteiger partial charge in [0.05, 0.1) is 28.0 Å². The van der Waals surface area contributed by atoms with Crippen LogP contribution in [0.5, 0.6) is 11.5 Å². The fraction of sp³-hybridized carbons (Fsp3) is 0.103. The number of methoxy groups -OCH3 is 1. The van der Waals surface area contributed by atoms with E-state index >= 15 is 0 Å². The molecule has 0 atom stereocenters. The third kappa shape index (κ3) is 5.67. The number of carbonyl (C=O) groups is 2. The predicted molar refractivity (Wildman–Crippen MR) is 154 cm³/mol. The molecule has 0 saturated carbocycles. The monoisotopic (exact) mass is 604 g/mol. The van der Waals surface area contributed by atoms with Crippen LogP contribution >= 0.6 is 27.7 Å². The zero-order valence-corrected chi connectivity index (χ0v) is 23.0. The van der Waals surface area contributed by atoms with Crippen LogP contribution in [0, 0.1) is 10.1 Å². The molecule has 0 bridgehead atoms. The van der Waals surface area contributed by atoms with Crippen molar-refractivity contribution in [2.75, 3.05) is 7.11 Å². The number of ether oxygens (including phenoxy) is 2. The summed E-state index contributed by atoms with van der Waals surface area (Å²) >= 11 is 4.40. The van der Waals surface area contributed by atoms with Gasteiger partial charge in [-0.2, -0.15) is 0 Å². The normalized spacial score (nSPS) is 14.3. The number of thioether (sulfide) groups is 1. The molecule has 1 fully saturated rings. The summed E-state index contributed by atoms with van der Waals surface area (Å²) in [4.78, 5) is 37.4. The molecule has 1 saturated heterocycles. The average molecular weight is 605 g/mol. The Labute approximate surface area is 236 Å². The molecular weight excluding hydrogens is 584 g/mol. The molecule has 0 aromatic heterocycles. The molecular formula is C29H21BrN2O6S. The Morgan fingerprint density at radius 2 is 1.77 bits per heavy atom. The smallest absolute Gasteiger partial charge is 0.293 e. The average Bonchev–Trinajstić information content (AvgIpc) is 3.19. The number of nitrogens with zero attached hydrogens (tertiary/aromatic N) is 2. The molecule has 2 amide bonds. The Bertz CT molecular complexity index is 1630. The number of non-ortho nitro benzene ring substituents is 1. The molecule has 0 unspecified atom stereocenters. The van der Waals surface area contributed by atoms with Crippen LogP contribution in [0.1, 0.15) is 16.7 Å². The van der Waals surface area contributed by atoms with Gasteiger partial charge in [-0.25, -0.2) is 0 Å². The van der Waals surface area contributed by atoms with Gasteiger partial charge in [0, 0.05) is 12.1 Å². The number of hydrogen-bond donors (Lipinski definition) is 0. The van der Waals surface area contributed by atoms with E-state index in [4.69, 9.17) is 9.47 Å². The molecule has 1 aliphatic rings. The van der Waals surface area contributed by atoms with Gasteiger partial charge in [0.2, 0.25) is 0 Å². The van der Waals surface area contributed by atoms with E-state index in [9.17, 15) is 19.7 Å². The maximum Gasteiger partial charge on any atom is 0.293 e. The SMILES string of the molecule is COc1cc(/C=C2\SC(=O)N(Cc3ccc([N+](=O)[O-])cc3)C2=O)cc(Br)c1OCc1cccc2ccccc12. The van der Waals surface area contributed by atoms with Crippen LogP contribution in [0.3, 0.4) is 0 Å². The minimum absolute atomic E-state index is 0.0218. The molecule has 39 heavy (non-hydrogen) atoms. The molecule has 0 spiro atoms. The minimum Gasteiger partial charge on any atom is -0.493 e. The largest absolute Gasteiger partial charge is 0.493 e. The summed E-state index contributed by atoms with van der Waals surface area (Å²) in [5.74, 6) is 0.560. The summed E-state index contributed by atoms with van der Waals surface area (Å²) in [5.41, 5.74) is 2.24. The van der Waals surface area contributed by atoms with E-state index in [0.717, 1.165) is 33.0 Å². The van der Waals surface area contributed by atoms with Crippen LogP contribution in [0.2, 0.25) is 0 Å². The van der Waals surface area contributed by atoms with Crippen LogP contribution in [0.15, 0.2) is 88.2 Å². The first-order valence-electron chi connectivity index (χ1n) is 11.8. The molecule has 0 radical (unpaired) electrons. The van der Waals surface area contributed by atoms with Crippen molar-refractivity contribution < 1.29 is 24.0 Å². The first-order chi connectivity index (χ1) is 18.8. The third-order valence-corrected chi connectivity index (χ3v) is 7.66. The molecule has 8 nitrogen and oxygen atoms in total. The highest BCUT2D eigenvalue weighted by Crippen LogP contribution is 2.40. The Hall–Kier alpha value is -4.15. The molecule has 0 aliphatic carbocycles. The van der Waals surface area contributed by atoms with Crippen molar-refractivity contribution in [3.05, 3.63) is 115 Å². The molecule has 4 aromatic rings. The van der Waals surface area contributed by atoms with E-state index in [1.54, 1.807) is 18.2 Å². The fourth-order valence-corrected chi connectivity index (χ4v) is 5.64. The number of halogens is 1. The van der Waals surface area contributed by atoms with Gasteiger partial charge >= 0.3 is 0 Å². The van der Waals surface area contributed by atoms with Crippen LogP contribution in [-0.4, -0.2) is 28.1 Å². The quantitative estimate of drug-likeness (QED) is 0.118. The number of benzene rings is 4. The highest BCUT2D eigenvalue weighted by atomic mass is 79.9. The maximum atomic E-state index is 13.0. The van der Waals surface area contributed by atoms with Crippen molar-refractivity contribution in [2.24, 2.45) is 0 Å². The Morgan fingerprint density at radius 3 is 2.51 bits per heavy atom. The lowest BCUT2D eigenvalue weighted by Gasteiger charge is -2.15. The van der Waals surface area contributed by atoms with Gasteiger partial charge in [-0.3, -0.25) is 24.6 Å². The molecule has 4 aromatic carbocycles. The van der Waals surface area contributed by atoms with Crippen LogP contribution in [0.25, 0.3) is 16.8 Å². The standard InChI is InChI=1S/C29H21BrN2O6S/c1-37-25-14-19(13-24(30)27(25)38-17-21-7-4-6-20-5-2-3-8-23(20)21)15-26-28(33)31(29(34)39-26)16-18-9-11-22(12-10-18)32(35)36/h2-15H,16-17H2,1H3/b26-15-. The first kappa shape index (κ1) is 26.5. The Morgan fingerprint density at radius 1 is 1.03 bits per heavy atom. The van der Waals surface area contributed by atoms with E-state index < -0.39 is 16.1 Å². The summed E-state index contributed by atoms with van der Waals surface area (Å²) < 4.78 is 12.4. The lowest BCUT2D eigenvalue weighted by molar-refractivity contribution is -0.384. The van der Waals surface area contributed by atoms with Gasteiger partial charge in [0.25, 0.3) is 16.8 Å². The van der Waals surface area contributed by atoms with E-state index in [2.05, 4.69) is 34.1 Å². The van der Waals surface area contributed by atoms with Gasteiger partial charge in [0.15, 0.2) is 11.5 Å². The number of amides is 2. The number of nitro benzene ring substituents is 1. The Balaban J connectivity index is 1.34. The van der Waals surface area contributed by atoms with Gasteiger partial charge in [-0.15, -0.1) is 0 Å². The second-order valence-corrected chi connectivity index (χ2v) is 10.5. The van der Waals surface area contributed by atoms with Crippen molar-refractivity contribution in [2.45, 2.75) is 13.2 Å². The van der Waals surface area contributed by atoms with Gasteiger partial charge in [0.1, 0.15) is 6.61 Å². The topological polar surface area (TPSA) is 99.0 Å². The molecule has 1 heterocycles. The summed E-state index contributed by atoms with van der Waals surface area (Å²) in [6.07, 6.45) is 1.63. The lowest BCUT2D eigenvalue weighted by atomic mass is 10.1. The first-order valence-corrected chi connectivity index (χ1v) is 13.4. The molecule has 1 aliphatic heterocycles. The molecule has 5 rings (SSSR count). The van der Waals surface area contributed by atoms with E-state index in [1.165, 1.54) is 31.4 Å².